The number of nitrogens with one attached hydrogen (secondary N) is 1. The van der Waals surface area contributed by atoms with Gasteiger partial charge >= 0.3 is 0 Å². The van der Waals surface area contributed by atoms with Gasteiger partial charge in [0, 0.05) is 30.5 Å². The van der Waals surface area contributed by atoms with Gasteiger partial charge in [-0.3, -0.25) is 9.78 Å². The number of benzene rings is 1. The number of nitrogens with zero attached hydrogens (tertiary/aromatic N) is 4. The number of fused-ring (bicyclic) bond motifs is 2. The number of carbonyl (C=O) groups is 1. The molecule has 0 aliphatic heterocycles. The van der Waals surface area contributed by atoms with Gasteiger partial charge in [0.15, 0.2) is 5.65 Å². The molecule has 4 rings (SSSR count). The summed E-state index contributed by atoms with van der Waals surface area (Å²) in [4.78, 5) is 21.3. The molecule has 0 saturated carbocycles. The number of rotatable bonds is 4. The Morgan fingerprint density at radius 3 is 2.88 bits per heavy atom. The smallest absolute Gasteiger partial charge is 0.257 e. The van der Waals surface area contributed by atoms with Crippen LogP contribution >= 0.6 is 0 Å². The molecule has 0 saturated heterocycles. The van der Waals surface area contributed by atoms with E-state index in [0.717, 1.165) is 16.5 Å². The van der Waals surface area contributed by atoms with E-state index in [2.05, 4.69) is 20.4 Å². The van der Waals surface area contributed by atoms with Gasteiger partial charge in [-0.1, -0.05) is 24.3 Å². The predicted molar refractivity (Wildman–Crippen MR) is 95.5 cm³/mol. The van der Waals surface area contributed by atoms with Gasteiger partial charge in [0.2, 0.25) is 0 Å². The van der Waals surface area contributed by atoms with Crippen LogP contribution in [0.25, 0.3) is 16.6 Å². The SMILES string of the molecule is Cc1nn2cccnc2c1C(=O)NCCc1cccc2cccnc12. The number of hydrogen-bond acceptors (Lipinski definition) is 4. The molecule has 0 bridgehead atoms. The number of aryl methyl sites for hydroxylation is 1. The van der Waals surface area contributed by atoms with Crippen LogP contribution in [0.15, 0.2) is 55.0 Å². The van der Waals surface area contributed by atoms with E-state index in [1.807, 2.05) is 37.3 Å². The number of hydrogen-bond donors (Lipinski definition) is 1. The average molecular weight is 331 g/mol. The van der Waals surface area contributed by atoms with Crippen LogP contribution in [0.3, 0.4) is 0 Å². The van der Waals surface area contributed by atoms with Gasteiger partial charge in [-0.15, -0.1) is 0 Å². The first-order valence-corrected chi connectivity index (χ1v) is 8.15. The third kappa shape index (κ3) is 2.82. The van der Waals surface area contributed by atoms with Crippen molar-refractivity contribution in [3.63, 3.8) is 0 Å². The molecule has 25 heavy (non-hydrogen) atoms. The number of pyridine rings is 1. The normalized spacial score (nSPS) is 11.1. The lowest BCUT2D eigenvalue weighted by Crippen LogP contribution is -2.26. The summed E-state index contributed by atoms with van der Waals surface area (Å²) in [5.41, 5.74) is 3.87. The fourth-order valence-electron chi connectivity index (χ4n) is 3.03. The van der Waals surface area contributed by atoms with Gasteiger partial charge < -0.3 is 5.32 Å². The van der Waals surface area contributed by atoms with E-state index in [1.165, 1.54) is 0 Å². The van der Waals surface area contributed by atoms with Gasteiger partial charge in [0.25, 0.3) is 5.91 Å². The van der Waals surface area contributed by atoms with E-state index in [9.17, 15) is 4.79 Å². The highest BCUT2D eigenvalue weighted by atomic mass is 16.1. The van der Waals surface area contributed by atoms with Crippen molar-refractivity contribution < 1.29 is 4.79 Å². The monoisotopic (exact) mass is 331 g/mol. The molecule has 0 aliphatic rings. The Labute approximate surface area is 144 Å². The molecule has 0 unspecified atom stereocenters. The van der Waals surface area contributed by atoms with Crippen LogP contribution in [0.1, 0.15) is 21.6 Å². The molecule has 0 aliphatic carbocycles. The van der Waals surface area contributed by atoms with Crippen LogP contribution in [-0.2, 0) is 6.42 Å². The molecule has 0 radical (unpaired) electrons. The molecule has 6 nitrogen and oxygen atoms in total. The maximum Gasteiger partial charge on any atom is 0.257 e. The number of amides is 1. The van der Waals surface area contributed by atoms with Crippen LogP contribution in [0, 0.1) is 6.92 Å². The van der Waals surface area contributed by atoms with E-state index >= 15 is 0 Å². The van der Waals surface area contributed by atoms with E-state index in [1.54, 1.807) is 29.2 Å². The highest BCUT2D eigenvalue weighted by Gasteiger charge is 2.17. The molecule has 6 heteroatoms. The van der Waals surface area contributed by atoms with Crippen molar-refractivity contribution >= 4 is 22.5 Å². The number of para-hydroxylation sites is 1. The first kappa shape index (κ1) is 15.3. The van der Waals surface area contributed by atoms with Crippen LogP contribution in [0.2, 0.25) is 0 Å². The molecule has 3 heterocycles. The minimum absolute atomic E-state index is 0.153. The van der Waals surface area contributed by atoms with Crippen LogP contribution in [0.5, 0.6) is 0 Å². The molecule has 124 valence electrons. The van der Waals surface area contributed by atoms with E-state index in [-0.39, 0.29) is 5.91 Å². The second-order valence-electron chi connectivity index (χ2n) is 5.85. The van der Waals surface area contributed by atoms with E-state index in [4.69, 9.17) is 0 Å². The number of carbonyl (C=O) groups excluding carboxylic acids is 1. The quantitative estimate of drug-likeness (QED) is 0.624. The molecule has 0 spiro atoms. The van der Waals surface area contributed by atoms with Crippen molar-refractivity contribution in [1.82, 2.24) is 24.9 Å². The zero-order valence-corrected chi connectivity index (χ0v) is 13.8. The molecule has 0 atom stereocenters. The summed E-state index contributed by atoms with van der Waals surface area (Å²) in [6, 6.07) is 11.9. The molecule has 4 aromatic rings. The minimum Gasteiger partial charge on any atom is -0.352 e. The van der Waals surface area contributed by atoms with Gasteiger partial charge in [0.05, 0.1) is 11.2 Å². The third-order valence-electron chi connectivity index (χ3n) is 4.19. The van der Waals surface area contributed by atoms with Crippen LogP contribution < -0.4 is 5.32 Å². The second kappa shape index (κ2) is 6.32. The maximum atomic E-state index is 12.6. The average Bonchev–Trinajstić information content (AvgIpc) is 2.97. The lowest BCUT2D eigenvalue weighted by molar-refractivity contribution is 0.0955. The summed E-state index contributed by atoms with van der Waals surface area (Å²) in [7, 11) is 0. The third-order valence-corrected chi connectivity index (χ3v) is 4.19. The van der Waals surface area contributed by atoms with Crippen molar-refractivity contribution in [2.45, 2.75) is 13.3 Å². The summed E-state index contributed by atoms with van der Waals surface area (Å²) in [5, 5.41) is 8.40. The predicted octanol–water partition coefficient (Wildman–Crippen LogP) is 2.56. The van der Waals surface area contributed by atoms with Gasteiger partial charge in [-0.2, -0.15) is 5.10 Å². The first-order valence-electron chi connectivity index (χ1n) is 8.15. The molecular formula is C19H17N5O. The lowest BCUT2D eigenvalue weighted by Gasteiger charge is -2.07. The lowest BCUT2D eigenvalue weighted by atomic mass is 10.1. The Kier molecular flexibility index (Phi) is 3.85. The molecule has 0 fully saturated rings. The topological polar surface area (TPSA) is 72.2 Å². The standard InChI is InChI=1S/C19H17N5O/c1-13-16(18-21-10-4-12-24(18)23-13)19(25)22-11-8-15-6-2-5-14-7-3-9-20-17(14)15/h2-7,9-10,12H,8,11H2,1H3,(H,22,25). The summed E-state index contributed by atoms with van der Waals surface area (Å²) in [6.07, 6.45) is 5.95. The summed E-state index contributed by atoms with van der Waals surface area (Å²) < 4.78 is 1.62. The van der Waals surface area contributed by atoms with Crippen molar-refractivity contribution in [3.8, 4) is 0 Å². The Bertz CT molecular complexity index is 1060. The molecule has 1 aromatic carbocycles. The second-order valence-corrected chi connectivity index (χ2v) is 5.85. The fraction of sp³-hybridized carbons (Fsp3) is 0.158. The Hall–Kier alpha value is -3.28. The summed E-state index contributed by atoms with van der Waals surface area (Å²) in [6.45, 7) is 2.34. The highest BCUT2D eigenvalue weighted by molar-refractivity contribution is 6.01. The fourth-order valence-corrected chi connectivity index (χ4v) is 3.03. The zero-order chi connectivity index (χ0) is 17.2. The highest BCUT2D eigenvalue weighted by Crippen LogP contribution is 2.16. The largest absolute Gasteiger partial charge is 0.352 e. The van der Waals surface area contributed by atoms with Gasteiger partial charge in [-0.05, 0) is 31.0 Å². The van der Waals surface area contributed by atoms with E-state index < -0.39 is 0 Å². The number of aromatic nitrogens is 4. The maximum absolute atomic E-state index is 12.6. The zero-order valence-electron chi connectivity index (χ0n) is 13.8. The van der Waals surface area contributed by atoms with Crippen LogP contribution in [-0.4, -0.2) is 32.0 Å². The Morgan fingerprint density at radius 1 is 1.12 bits per heavy atom. The molecule has 1 N–H and O–H groups in total. The van der Waals surface area contributed by atoms with Gasteiger partial charge in [0.1, 0.15) is 5.56 Å². The molecular weight excluding hydrogens is 314 g/mol. The van der Waals surface area contributed by atoms with Crippen molar-refractivity contribution in [2.24, 2.45) is 0 Å². The van der Waals surface area contributed by atoms with Crippen LogP contribution in [0.4, 0.5) is 0 Å². The molecule has 3 aromatic heterocycles. The summed E-state index contributed by atoms with van der Waals surface area (Å²) in [5.74, 6) is -0.153. The minimum atomic E-state index is -0.153. The van der Waals surface area contributed by atoms with Gasteiger partial charge in [-0.25, -0.2) is 9.50 Å². The van der Waals surface area contributed by atoms with Crippen molar-refractivity contribution in [1.29, 1.82) is 0 Å². The van der Waals surface area contributed by atoms with Crippen molar-refractivity contribution in [3.05, 3.63) is 71.8 Å². The van der Waals surface area contributed by atoms with E-state index in [0.29, 0.717) is 29.9 Å². The molecule has 1 amide bonds. The first-order chi connectivity index (χ1) is 12.2. The summed E-state index contributed by atoms with van der Waals surface area (Å²) >= 11 is 0. The Balaban J connectivity index is 1.51. The Morgan fingerprint density at radius 2 is 1.96 bits per heavy atom. The van der Waals surface area contributed by atoms with Crippen molar-refractivity contribution in [2.75, 3.05) is 6.54 Å².